The van der Waals surface area contributed by atoms with Crippen LogP contribution in [0.4, 0.5) is 5.69 Å². The van der Waals surface area contributed by atoms with Crippen molar-refractivity contribution in [3.8, 4) is 5.95 Å². The molecule has 0 aliphatic heterocycles. The average molecular weight is 317 g/mol. The molecule has 1 amide bonds. The lowest BCUT2D eigenvalue weighted by molar-refractivity contribution is 0.0985. The molecule has 0 radical (unpaired) electrons. The van der Waals surface area contributed by atoms with Crippen LogP contribution in [-0.4, -0.2) is 37.3 Å². The molecule has 0 saturated heterocycles. The highest BCUT2D eigenvalue weighted by atomic mass is 35.5. The van der Waals surface area contributed by atoms with Crippen LogP contribution in [0.15, 0.2) is 43.0 Å². The van der Waals surface area contributed by atoms with Crippen LogP contribution in [-0.2, 0) is 7.05 Å². The van der Waals surface area contributed by atoms with Gasteiger partial charge < -0.3 is 9.47 Å². The minimum atomic E-state index is -0.187. The van der Waals surface area contributed by atoms with Gasteiger partial charge in [0.25, 0.3) is 5.91 Å². The van der Waals surface area contributed by atoms with E-state index in [1.165, 1.54) is 15.8 Å². The smallest absolute Gasteiger partial charge is 0.276 e. The summed E-state index contributed by atoms with van der Waals surface area (Å²) in [5.41, 5.74) is 1.14. The van der Waals surface area contributed by atoms with Gasteiger partial charge in [-0.15, -0.1) is 0 Å². The van der Waals surface area contributed by atoms with E-state index in [-0.39, 0.29) is 5.91 Å². The standard InChI is InChI=1S/C14H13ClN6O/c1-19(10-4-3-6-16-8-10)13(22)11-9-17-14(20(11)2)21-7-5-12(15)18-21/h3-9H,1-2H3. The van der Waals surface area contributed by atoms with Crippen molar-refractivity contribution < 1.29 is 4.79 Å². The van der Waals surface area contributed by atoms with E-state index in [4.69, 9.17) is 11.6 Å². The Balaban J connectivity index is 1.93. The van der Waals surface area contributed by atoms with Gasteiger partial charge in [0.1, 0.15) is 5.69 Å². The first-order chi connectivity index (χ1) is 10.6. The van der Waals surface area contributed by atoms with Gasteiger partial charge in [0.05, 0.1) is 18.1 Å². The SMILES string of the molecule is CN(C(=O)c1cnc(-n2ccc(Cl)n2)n1C)c1cccnc1. The lowest BCUT2D eigenvalue weighted by atomic mass is 10.3. The fourth-order valence-electron chi connectivity index (χ4n) is 2.07. The van der Waals surface area contributed by atoms with Crippen molar-refractivity contribution in [3.05, 3.63) is 53.8 Å². The van der Waals surface area contributed by atoms with E-state index in [1.54, 1.807) is 49.4 Å². The number of aromatic nitrogens is 5. The topological polar surface area (TPSA) is 68.8 Å². The second-order valence-corrected chi connectivity index (χ2v) is 5.05. The fourth-order valence-corrected chi connectivity index (χ4v) is 2.20. The second kappa shape index (κ2) is 5.61. The third kappa shape index (κ3) is 2.46. The van der Waals surface area contributed by atoms with Crippen LogP contribution >= 0.6 is 11.6 Å². The lowest BCUT2D eigenvalue weighted by Gasteiger charge is -2.16. The molecule has 3 aromatic heterocycles. The predicted octanol–water partition coefficient (Wildman–Crippen LogP) is 1.93. The first-order valence-corrected chi connectivity index (χ1v) is 6.87. The molecule has 0 bridgehead atoms. The van der Waals surface area contributed by atoms with E-state index >= 15 is 0 Å². The zero-order chi connectivity index (χ0) is 15.7. The van der Waals surface area contributed by atoms with Crippen molar-refractivity contribution in [2.75, 3.05) is 11.9 Å². The molecule has 0 fully saturated rings. The predicted molar refractivity (Wildman–Crippen MR) is 82.3 cm³/mol. The maximum Gasteiger partial charge on any atom is 0.276 e. The van der Waals surface area contributed by atoms with Gasteiger partial charge in [0.2, 0.25) is 5.95 Å². The van der Waals surface area contributed by atoms with Crippen LogP contribution in [0.1, 0.15) is 10.5 Å². The second-order valence-electron chi connectivity index (χ2n) is 4.66. The molecule has 0 saturated carbocycles. The molecular weight excluding hydrogens is 304 g/mol. The Morgan fingerprint density at radius 2 is 2.14 bits per heavy atom. The molecule has 3 heterocycles. The Bertz CT molecular complexity index is 810. The molecule has 8 heteroatoms. The molecule has 7 nitrogen and oxygen atoms in total. The van der Waals surface area contributed by atoms with Crippen molar-refractivity contribution in [2.45, 2.75) is 0 Å². The van der Waals surface area contributed by atoms with Gasteiger partial charge >= 0.3 is 0 Å². The number of hydrogen-bond acceptors (Lipinski definition) is 4. The maximum atomic E-state index is 12.6. The van der Waals surface area contributed by atoms with Gasteiger partial charge in [-0.1, -0.05) is 11.6 Å². The van der Waals surface area contributed by atoms with Crippen molar-refractivity contribution in [2.24, 2.45) is 7.05 Å². The molecule has 3 aromatic rings. The Morgan fingerprint density at radius 1 is 1.32 bits per heavy atom. The van der Waals surface area contributed by atoms with Crippen LogP contribution in [0.2, 0.25) is 5.15 Å². The van der Waals surface area contributed by atoms with Gasteiger partial charge in [-0.25, -0.2) is 9.67 Å². The van der Waals surface area contributed by atoms with Gasteiger partial charge in [0.15, 0.2) is 5.15 Å². The normalized spacial score (nSPS) is 10.7. The van der Waals surface area contributed by atoms with E-state index in [0.29, 0.717) is 22.5 Å². The third-order valence-electron chi connectivity index (χ3n) is 3.28. The largest absolute Gasteiger partial charge is 0.309 e. The minimum absolute atomic E-state index is 0.187. The summed E-state index contributed by atoms with van der Waals surface area (Å²) in [6, 6.07) is 5.24. The van der Waals surface area contributed by atoms with Crippen molar-refractivity contribution in [1.82, 2.24) is 24.3 Å². The summed E-state index contributed by atoms with van der Waals surface area (Å²) < 4.78 is 3.18. The first-order valence-electron chi connectivity index (χ1n) is 6.49. The Morgan fingerprint density at radius 3 is 2.77 bits per heavy atom. The fraction of sp³-hybridized carbons (Fsp3) is 0.143. The Hall–Kier alpha value is -2.67. The number of amides is 1. The molecule has 0 spiro atoms. The van der Waals surface area contributed by atoms with Crippen LogP contribution in [0.3, 0.4) is 0 Å². The van der Waals surface area contributed by atoms with Gasteiger partial charge in [-0.05, 0) is 18.2 Å². The molecular formula is C14H13ClN6O. The minimum Gasteiger partial charge on any atom is -0.309 e. The number of halogens is 1. The van der Waals surface area contributed by atoms with Crippen LogP contribution < -0.4 is 4.90 Å². The van der Waals surface area contributed by atoms with Crippen molar-refractivity contribution in [1.29, 1.82) is 0 Å². The molecule has 0 aliphatic carbocycles. The van der Waals surface area contributed by atoms with Crippen LogP contribution in [0.5, 0.6) is 0 Å². The third-order valence-corrected chi connectivity index (χ3v) is 3.48. The van der Waals surface area contributed by atoms with E-state index in [0.717, 1.165) is 0 Å². The molecule has 0 unspecified atom stereocenters. The summed E-state index contributed by atoms with van der Waals surface area (Å²) in [6.07, 6.45) is 6.48. The summed E-state index contributed by atoms with van der Waals surface area (Å²) in [5, 5.41) is 4.45. The number of nitrogens with zero attached hydrogens (tertiary/aromatic N) is 6. The monoisotopic (exact) mass is 316 g/mol. The van der Waals surface area contributed by atoms with E-state index in [2.05, 4.69) is 15.1 Å². The summed E-state index contributed by atoms with van der Waals surface area (Å²) in [6.45, 7) is 0. The number of hydrogen-bond donors (Lipinski definition) is 0. The molecule has 22 heavy (non-hydrogen) atoms. The van der Waals surface area contributed by atoms with Crippen LogP contribution in [0.25, 0.3) is 5.95 Å². The molecule has 0 N–H and O–H groups in total. The summed E-state index contributed by atoms with van der Waals surface area (Å²) in [7, 11) is 3.44. The molecule has 0 atom stereocenters. The highest BCUT2D eigenvalue weighted by Gasteiger charge is 2.20. The Labute approximate surface area is 131 Å². The lowest BCUT2D eigenvalue weighted by Crippen LogP contribution is -2.28. The van der Waals surface area contributed by atoms with Gasteiger partial charge in [0, 0.05) is 26.5 Å². The number of imidazole rings is 1. The summed E-state index contributed by atoms with van der Waals surface area (Å²) in [4.78, 5) is 22.4. The average Bonchev–Trinajstić information content (AvgIpc) is 3.12. The quantitative estimate of drug-likeness (QED) is 0.740. The van der Waals surface area contributed by atoms with E-state index in [1.807, 2.05) is 6.07 Å². The number of anilines is 1. The van der Waals surface area contributed by atoms with E-state index < -0.39 is 0 Å². The highest BCUT2D eigenvalue weighted by molar-refractivity contribution is 6.29. The molecule has 3 rings (SSSR count). The zero-order valence-electron chi connectivity index (χ0n) is 12.0. The Kier molecular flexibility index (Phi) is 3.64. The van der Waals surface area contributed by atoms with Gasteiger partial charge in [-0.2, -0.15) is 5.10 Å². The van der Waals surface area contributed by atoms with E-state index in [9.17, 15) is 4.79 Å². The highest BCUT2D eigenvalue weighted by Crippen LogP contribution is 2.16. The summed E-state index contributed by atoms with van der Waals surface area (Å²) >= 11 is 5.81. The zero-order valence-corrected chi connectivity index (χ0v) is 12.8. The number of carbonyl (C=O) groups is 1. The number of carbonyl (C=O) groups excluding carboxylic acids is 1. The number of rotatable bonds is 3. The van der Waals surface area contributed by atoms with Gasteiger partial charge in [-0.3, -0.25) is 9.78 Å². The number of pyridine rings is 1. The molecule has 112 valence electrons. The van der Waals surface area contributed by atoms with Crippen LogP contribution in [0, 0.1) is 0 Å². The first kappa shape index (κ1) is 14.3. The van der Waals surface area contributed by atoms with Crippen molar-refractivity contribution in [3.63, 3.8) is 0 Å². The summed E-state index contributed by atoms with van der Waals surface area (Å²) in [5.74, 6) is 0.322. The van der Waals surface area contributed by atoms with Crippen molar-refractivity contribution >= 4 is 23.2 Å². The molecule has 0 aliphatic rings. The molecule has 0 aromatic carbocycles. The maximum absolute atomic E-state index is 12.6.